The summed E-state index contributed by atoms with van der Waals surface area (Å²) < 4.78 is 12.6. The van der Waals surface area contributed by atoms with Crippen LogP contribution in [0.3, 0.4) is 0 Å². The van der Waals surface area contributed by atoms with Crippen LogP contribution in [0.1, 0.15) is 36.0 Å². The van der Waals surface area contributed by atoms with Gasteiger partial charge in [0.15, 0.2) is 11.5 Å². The first-order valence-corrected chi connectivity index (χ1v) is 12.4. The summed E-state index contributed by atoms with van der Waals surface area (Å²) in [6.45, 7) is 1.45. The number of benzene rings is 2. The lowest BCUT2D eigenvalue weighted by molar-refractivity contribution is 0.0763. The second-order valence-electron chi connectivity index (χ2n) is 8.28. The van der Waals surface area contributed by atoms with Crippen LogP contribution in [0.4, 0.5) is 0 Å². The average molecular weight is 467 g/mol. The molecule has 1 aliphatic rings. The molecule has 4 rings (SSSR count). The van der Waals surface area contributed by atoms with E-state index in [9.17, 15) is 9.59 Å². The van der Waals surface area contributed by atoms with Crippen LogP contribution in [0.2, 0.25) is 0 Å². The van der Waals surface area contributed by atoms with Gasteiger partial charge in [0.1, 0.15) is 0 Å². The quantitative estimate of drug-likeness (QED) is 0.498. The third kappa shape index (κ3) is 4.34. The highest BCUT2D eigenvalue weighted by Gasteiger charge is 2.27. The largest absolute Gasteiger partial charge is 0.493 e. The Balaban J connectivity index is 2.05. The number of methoxy groups -OCH3 is 2. The zero-order valence-electron chi connectivity index (χ0n) is 19.6. The first-order chi connectivity index (χ1) is 16.0. The summed E-state index contributed by atoms with van der Waals surface area (Å²) in [4.78, 5) is 30.5. The molecule has 1 aromatic heterocycles. The van der Waals surface area contributed by atoms with Gasteiger partial charge in [-0.3, -0.25) is 9.59 Å². The van der Waals surface area contributed by atoms with E-state index >= 15 is 0 Å². The molecule has 0 unspecified atom stereocenters. The normalized spacial score (nSPS) is 14.2. The van der Waals surface area contributed by atoms with Crippen molar-refractivity contribution < 1.29 is 14.3 Å². The molecule has 174 valence electrons. The Bertz CT molecular complexity index is 1230. The third-order valence-electron chi connectivity index (χ3n) is 6.37. The number of hydrogen-bond acceptors (Lipinski definition) is 5. The van der Waals surface area contributed by atoms with Crippen LogP contribution in [0, 0.1) is 0 Å². The highest BCUT2D eigenvalue weighted by Crippen LogP contribution is 2.37. The number of fused-ring (bicyclic) bond motifs is 1. The van der Waals surface area contributed by atoms with Crippen molar-refractivity contribution >= 4 is 28.4 Å². The smallest absolute Gasteiger partial charge is 0.258 e. The van der Waals surface area contributed by atoms with E-state index in [4.69, 9.17) is 9.47 Å². The van der Waals surface area contributed by atoms with Crippen molar-refractivity contribution in [2.75, 3.05) is 33.6 Å². The number of carbonyl (C=O) groups is 1. The molecule has 1 amide bonds. The van der Waals surface area contributed by atoms with E-state index < -0.39 is 0 Å². The van der Waals surface area contributed by atoms with Crippen molar-refractivity contribution in [2.45, 2.75) is 30.6 Å². The molecule has 6 nitrogen and oxygen atoms in total. The zero-order valence-corrected chi connectivity index (χ0v) is 20.5. The number of ether oxygens (including phenoxy) is 2. The fraction of sp³-hybridized carbons (Fsp3) is 0.385. The second-order valence-corrected chi connectivity index (χ2v) is 9.16. The third-order valence-corrected chi connectivity index (χ3v) is 7.11. The summed E-state index contributed by atoms with van der Waals surface area (Å²) >= 11 is 1.65. The maximum atomic E-state index is 14.0. The first kappa shape index (κ1) is 23.2. The molecule has 0 saturated carbocycles. The molecule has 3 aromatic rings. The molecule has 1 saturated heterocycles. The van der Waals surface area contributed by atoms with Gasteiger partial charge >= 0.3 is 0 Å². The highest BCUT2D eigenvalue weighted by atomic mass is 32.2. The SMILES string of the molecule is COc1cc2c(C(=O)N3CCCCCC3)c(-c3ccc(SC)cc3)n(C)c(=O)c2cc1OC. The Morgan fingerprint density at radius 1 is 0.909 bits per heavy atom. The van der Waals surface area contributed by atoms with Gasteiger partial charge in [0.25, 0.3) is 11.5 Å². The molecular weight excluding hydrogens is 436 g/mol. The molecule has 1 aliphatic heterocycles. The molecule has 0 spiro atoms. The van der Waals surface area contributed by atoms with Gasteiger partial charge in [-0.15, -0.1) is 11.8 Å². The minimum absolute atomic E-state index is 0.0475. The van der Waals surface area contributed by atoms with E-state index in [1.165, 1.54) is 0 Å². The minimum Gasteiger partial charge on any atom is -0.493 e. The molecular formula is C26H30N2O4S. The van der Waals surface area contributed by atoms with Gasteiger partial charge in [0.2, 0.25) is 0 Å². The van der Waals surface area contributed by atoms with Crippen molar-refractivity contribution in [3.8, 4) is 22.8 Å². The number of likely N-dealkylation sites (tertiary alicyclic amines) is 1. The molecule has 0 N–H and O–H groups in total. The predicted octanol–water partition coefficient (Wildman–Crippen LogP) is 4.96. The summed E-state index contributed by atoms with van der Waals surface area (Å²) in [6, 6.07) is 11.4. The van der Waals surface area contributed by atoms with Crippen LogP contribution in [-0.4, -0.2) is 48.9 Å². The van der Waals surface area contributed by atoms with E-state index in [1.54, 1.807) is 49.7 Å². The molecule has 0 bridgehead atoms. The van der Waals surface area contributed by atoms with Crippen LogP contribution in [0.25, 0.3) is 22.0 Å². The highest BCUT2D eigenvalue weighted by molar-refractivity contribution is 7.98. The standard InChI is InChI=1S/C26H30N2O4S/c1-27-24(17-9-11-18(33-4)12-10-17)23(26(30)28-13-7-5-6-8-14-28)19-15-21(31-2)22(32-3)16-20(19)25(27)29/h9-12,15-16H,5-8,13-14H2,1-4H3. The monoisotopic (exact) mass is 466 g/mol. The minimum atomic E-state index is -0.178. The number of nitrogens with zero attached hydrogens (tertiary/aromatic N) is 2. The fourth-order valence-electron chi connectivity index (χ4n) is 4.58. The topological polar surface area (TPSA) is 60.8 Å². The van der Waals surface area contributed by atoms with Gasteiger partial charge in [0, 0.05) is 30.4 Å². The molecule has 0 aliphatic carbocycles. The molecule has 33 heavy (non-hydrogen) atoms. The zero-order chi connectivity index (χ0) is 23.5. The summed E-state index contributed by atoms with van der Waals surface area (Å²) in [6.07, 6.45) is 6.26. The van der Waals surface area contributed by atoms with Gasteiger partial charge in [0.05, 0.1) is 30.9 Å². The van der Waals surface area contributed by atoms with Crippen molar-refractivity contribution in [1.82, 2.24) is 9.47 Å². The van der Waals surface area contributed by atoms with Crippen LogP contribution >= 0.6 is 11.8 Å². The van der Waals surface area contributed by atoms with Crippen LogP contribution in [0.15, 0.2) is 46.1 Å². The lowest BCUT2D eigenvalue weighted by Crippen LogP contribution is -2.34. The van der Waals surface area contributed by atoms with Crippen LogP contribution < -0.4 is 15.0 Å². The van der Waals surface area contributed by atoms with Gasteiger partial charge in [-0.1, -0.05) is 25.0 Å². The van der Waals surface area contributed by atoms with Gasteiger partial charge in [-0.25, -0.2) is 0 Å². The van der Waals surface area contributed by atoms with E-state index in [1.807, 2.05) is 35.4 Å². The van der Waals surface area contributed by atoms with Crippen molar-refractivity contribution in [3.05, 3.63) is 52.3 Å². The Labute approximate surface area is 198 Å². The van der Waals surface area contributed by atoms with E-state index in [-0.39, 0.29) is 11.5 Å². The summed E-state index contributed by atoms with van der Waals surface area (Å²) in [5.41, 5.74) is 1.82. The predicted molar refractivity (Wildman–Crippen MR) is 134 cm³/mol. The van der Waals surface area contributed by atoms with Crippen LogP contribution in [0.5, 0.6) is 11.5 Å². The Morgan fingerprint density at radius 2 is 1.48 bits per heavy atom. The summed E-state index contributed by atoms with van der Waals surface area (Å²) in [5.74, 6) is 0.910. The number of pyridine rings is 1. The van der Waals surface area contributed by atoms with Gasteiger partial charge in [-0.2, -0.15) is 0 Å². The molecule has 2 heterocycles. The van der Waals surface area contributed by atoms with Crippen molar-refractivity contribution in [1.29, 1.82) is 0 Å². The number of amides is 1. The number of hydrogen-bond donors (Lipinski definition) is 0. The second kappa shape index (κ2) is 9.91. The number of aromatic nitrogens is 1. The Morgan fingerprint density at radius 3 is 2.03 bits per heavy atom. The van der Waals surface area contributed by atoms with Crippen molar-refractivity contribution in [3.63, 3.8) is 0 Å². The number of carbonyl (C=O) groups excluding carboxylic acids is 1. The van der Waals surface area contributed by atoms with E-state index in [0.717, 1.165) is 49.2 Å². The fourth-order valence-corrected chi connectivity index (χ4v) is 4.98. The van der Waals surface area contributed by atoms with Gasteiger partial charge in [-0.05, 0) is 48.9 Å². The maximum absolute atomic E-state index is 14.0. The summed E-state index contributed by atoms with van der Waals surface area (Å²) in [5, 5.41) is 1.03. The lowest BCUT2D eigenvalue weighted by atomic mass is 9.97. The first-order valence-electron chi connectivity index (χ1n) is 11.2. The molecule has 7 heteroatoms. The Hall–Kier alpha value is -2.93. The molecule has 1 fully saturated rings. The lowest BCUT2D eigenvalue weighted by Gasteiger charge is -2.25. The number of rotatable bonds is 5. The van der Waals surface area contributed by atoms with E-state index in [2.05, 4.69) is 0 Å². The maximum Gasteiger partial charge on any atom is 0.258 e. The molecule has 2 aromatic carbocycles. The van der Waals surface area contributed by atoms with E-state index in [0.29, 0.717) is 33.5 Å². The Kier molecular flexibility index (Phi) is 6.98. The summed E-state index contributed by atoms with van der Waals surface area (Å²) in [7, 11) is 4.83. The molecule has 0 radical (unpaired) electrons. The average Bonchev–Trinajstić information content (AvgIpc) is 3.14. The molecule has 0 atom stereocenters. The van der Waals surface area contributed by atoms with Gasteiger partial charge < -0.3 is 18.9 Å². The van der Waals surface area contributed by atoms with Crippen LogP contribution in [-0.2, 0) is 7.05 Å². The number of thioether (sulfide) groups is 1. The van der Waals surface area contributed by atoms with Crippen molar-refractivity contribution in [2.24, 2.45) is 7.05 Å².